The van der Waals surface area contributed by atoms with E-state index in [2.05, 4.69) is 9.88 Å². The monoisotopic (exact) mass is 415 g/mol. The number of hydrogen-bond donors (Lipinski definition) is 0. The van der Waals surface area contributed by atoms with E-state index in [1.807, 2.05) is 36.1 Å². The van der Waals surface area contributed by atoms with Crippen LogP contribution < -0.4 is 4.90 Å². The number of anilines is 1. The first-order chi connectivity index (χ1) is 13.5. The summed E-state index contributed by atoms with van der Waals surface area (Å²) in [4.78, 5) is 22.3. The summed E-state index contributed by atoms with van der Waals surface area (Å²) in [5, 5.41) is 1.45. The van der Waals surface area contributed by atoms with E-state index in [1.165, 1.54) is 23.5 Å². The normalized spacial score (nSPS) is 14.4. The van der Waals surface area contributed by atoms with Gasteiger partial charge in [0.1, 0.15) is 15.7 Å². The molecule has 1 fully saturated rings. The van der Waals surface area contributed by atoms with Gasteiger partial charge < -0.3 is 9.80 Å². The minimum atomic E-state index is -0.242. The van der Waals surface area contributed by atoms with Crippen LogP contribution in [0.3, 0.4) is 0 Å². The Bertz CT molecular complexity index is 997. The lowest BCUT2D eigenvalue weighted by atomic mass is 10.2. The molecule has 1 amide bonds. The second-order valence-corrected chi connectivity index (χ2v) is 8.14. The average Bonchev–Trinajstić information content (AvgIpc) is 3.10. The first-order valence-corrected chi connectivity index (χ1v) is 10.2. The molecule has 0 spiro atoms. The number of halogens is 2. The van der Waals surface area contributed by atoms with Crippen molar-refractivity contribution in [2.45, 2.75) is 6.92 Å². The second-order valence-electron chi connectivity index (χ2n) is 6.70. The fourth-order valence-corrected chi connectivity index (χ4v) is 4.52. The van der Waals surface area contributed by atoms with Crippen LogP contribution in [-0.2, 0) is 0 Å². The van der Waals surface area contributed by atoms with Crippen LogP contribution in [0.1, 0.15) is 15.4 Å². The molecule has 4 nitrogen and oxygen atoms in total. The Morgan fingerprint density at radius 2 is 1.82 bits per heavy atom. The molecule has 144 valence electrons. The zero-order valence-corrected chi connectivity index (χ0v) is 16.9. The molecule has 1 aliphatic rings. The van der Waals surface area contributed by atoms with Crippen LogP contribution in [0.25, 0.3) is 10.6 Å². The van der Waals surface area contributed by atoms with Crippen molar-refractivity contribution in [1.82, 2.24) is 9.88 Å². The highest BCUT2D eigenvalue weighted by molar-refractivity contribution is 7.17. The quantitative estimate of drug-likeness (QED) is 0.612. The summed E-state index contributed by atoms with van der Waals surface area (Å²) in [6.45, 7) is 4.55. The highest BCUT2D eigenvalue weighted by Gasteiger charge is 2.26. The summed E-state index contributed by atoms with van der Waals surface area (Å²) in [5.41, 5.74) is 2.64. The third-order valence-corrected chi connectivity index (χ3v) is 6.25. The van der Waals surface area contributed by atoms with Gasteiger partial charge in [0.25, 0.3) is 5.91 Å². The molecular formula is C21H19ClFN3OS. The molecule has 0 radical (unpaired) electrons. The highest BCUT2D eigenvalue weighted by Crippen LogP contribution is 2.30. The van der Waals surface area contributed by atoms with Gasteiger partial charge in [-0.3, -0.25) is 4.79 Å². The molecule has 0 atom stereocenters. The summed E-state index contributed by atoms with van der Waals surface area (Å²) in [6.07, 6.45) is 0. The number of amides is 1. The lowest BCUT2D eigenvalue weighted by Gasteiger charge is -2.36. The van der Waals surface area contributed by atoms with Crippen LogP contribution in [0.5, 0.6) is 0 Å². The highest BCUT2D eigenvalue weighted by atomic mass is 35.5. The van der Waals surface area contributed by atoms with Crippen LogP contribution in [0.4, 0.5) is 10.1 Å². The average molecular weight is 416 g/mol. The first kappa shape index (κ1) is 18.9. The number of carbonyl (C=O) groups is 1. The van der Waals surface area contributed by atoms with E-state index in [4.69, 9.17) is 11.6 Å². The second kappa shape index (κ2) is 7.89. The molecule has 1 aromatic heterocycles. The third-order valence-electron chi connectivity index (χ3n) is 4.82. The zero-order chi connectivity index (χ0) is 19.7. The summed E-state index contributed by atoms with van der Waals surface area (Å²) in [7, 11) is 0. The van der Waals surface area contributed by atoms with E-state index in [0.29, 0.717) is 23.0 Å². The number of hydrogen-bond acceptors (Lipinski definition) is 4. The maximum atomic E-state index is 13.1. The number of rotatable bonds is 3. The third kappa shape index (κ3) is 3.88. The smallest absolute Gasteiger partial charge is 0.265 e. The molecule has 0 bridgehead atoms. The number of nitrogens with zero attached hydrogens (tertiary/aromatic N) is 3. The van der Waals surface area contributed by atoms with Gasteiger partial charge in [0.05, 0.1) is 5.69 Å². The van der Waals surface area contributed by atoms with Gasteiger partial charge >= 0.3 is 0 Å². The van der Waals surface area contributed by atoms with Crippen molar-refractivity contribution < 1.29 is 9.18 Å². The number of aryl methyl sites for hydroxylation is 1. The van der Waals surface area contributed by atoms with Crippen molar-refractivity contribution in [3.8, 4) is 10.6 Å². The maximum absolute atomic E-state index is 13.1. The Kier molecular flexibility index (Phi) is 5.33. The largest absolute Gasteiger partial charge is 0.368 e. The van der Waals surface area contributed by atoms with Crippen LogP contribution in [0.2, 0.25) is 5.02 Å². The number of piperazine rings is 1. The van der Waals surface area contributed by atoms with Gasteiger partial charge in [-0.05, 0) is 43.3 Å². The molecule has 0 aliphatic carbocycles. The predicted molar refractivity (Wildman–Crippen MR) is 112 cm³/mol. The number of benzene rings is 2. The fourth-order valence-electron chi connectivity index (χ4n) is 3.30. The molecule has 2 aromatic carbocycles. The minimum absolute atomic E-state index is 0.0158. The van der Waals surface area contributed by atoms with Crippen LogP contribution in [0.15, 0.2) is 48.5 Å². The van der Waals surface area contributed by atoms with E-state index in [0.717, 1.165) is 35.0 Å². The van der Waals surface area contributed by atoms with Gasteiger partial charge in [-0.2, -0.15) is 0 Å². The topological polar surface area (TPSA) is 36.4 Å². The van der Waals surface area contributed by atoms with Crippen molar-refractivity contribution in [3.63, 3.8) is 0 Å². The Hall–Kier alpha value is -2.44. The predicted octanol–water partition coefficient (Wildman–Crippen LogP) is 4.87. The molecule has 28 heavy (non-hydrogen) atoms. The van der Waals surface area contributed by atoms with Gasteiger partial charge in [-0.25, -0.2) is 9.37 Å². The molecule has 0 N–H and O–H groups in total. The molecular weight excluding hydrogens is 397 g/mol. The van der Waals surface area contributed by atoms with Crippen molar-refractivity contribution in [3.05, 3.63) is 69.9 Å². The Balaban J connectivity index is 1.46. The molecule has 1 aliphatic heterocycles. The van der Waals surface area contributed by atoms with Gasteiger partial charge in [-0.1, -0.05) is 23.7 Å². The molecule has 1 saturated heterocycles. The number of carbonyl (C=O) groups excluding carboxylic acids is 1. The molecule has 7 heteroatoms. The summed E-state index contributed by atoms with van der Waals surface area (Å²) in [5.74, 6) is -0.226. The molecule has 4 rings (SSSR count). The lowest BCUT2D eigenvalue weighted by Crippen LogP contribution is -2.48. The van der Waals surface area contributed by atoms with E-state index >= 15 is 0 Å². The van der Waals surface area contributed by atoms with Crippen molar-refractivity contribution in [1.29, 1.82) is 0 Å². The first-order valence-electron chi connectivity index (χ1n) is 9.04. The maximum Gasteiger partial charge on any atom is 0.265 e. The Morgan fingerprint density at radius 1 is 1.11 bits per heavy atom. The Labute approximate surface area is 172 Å². The van der Waals surface area contributed by atoms with Crippen LogP contribution in [-0.4, -0.2) is 42.0 Å². The van der Waals surface area contributed by atoms with Crippen molar-refractivity contribution in [2.24, 2.45) is 0 Å². The van der Waals surface area contributed by atoms with Gasteiger partial charge in [0.2, 0.25) is 0 Å². The van der Waals surface area contributed by atoms with E-state index in [9.17, 15) is 9.18 Å². The van der Waals surface area contributed by atoms with Gasteiger partial charge in [0.15, 0.2) is 0 Å². The fraction of sp³-hybridized carbons (Fsp3) is 0.238. The molecule has 2 heterocycles. The van der Waals surface area contributed by atoms with E-state index in [-0.39, 0.29) is 11.7 Å². The number of thiazole rings is 1. The molecule has 0 saturated carbocycles. The van der Waals surface area contributed by atoms with Gasteiger partial charge in [-0.15, -0.1) is 11.3 Å². The van der Waals surface area contributed by atoms with E-state index < -0.39 is 0 Å². The van der Waals surface area contributed by atoms with Crippen molar-refractivity contribution in [2.75, 3.05) is 31.1 Å². The Morgan fingerprint density at radius 3 is 2.50 bits per heavy atom. The van der Waals surface area contributed by atoms with Crippen LogP contribution >= 0.6 is 22.9 Å². The summed E-state index contributed by atoms with van der Waals surface area (Å²) >= 11 is 7.48. The SMILES string of the molecule is Cc1nc(-c2cccc(Cl)c2)sc1C(=O)N1CCN(c2ccc(F)cc2)CC1. The molecule has 0 unspecified atom stereocenters. The van der Waals surface area contributed by atoms with Crippen LogP contribution in [0, 0.1) is 12.7 Å². The lowest BCUT2D eigenvalue weighted by molar-refractivity contribution is 0.0750. The number of aromatic nitrogens is 1. The molecule has 3 aromatic rings. The standard InChI is InChI=1S/C21H19ClFN3OS/c1-14-19(28-20(24-14)15-3-2-4-16(22)13-15)21(27)26-11-9-25(10-12-26)18-7-5-17(23)6-8-18/h2-8,13H,9-12H2,1H3. The van der Waals surface area contributed by atoms with Crippen molar-refractivity contribution >= 4 is 34.5 Å². The summed E-state index contributed by atoms with van der Waals surface area (Å²) in [6, 6.07) is 14.0. The zero-order valence-electron chi connectivity index (χ0n) is 15.4. The summed E-state index contributed by atoms with van der Waals surface area (Å²) < 4.78 is 13.1. The minimum Gasteiger partial charge on any atom is -0.368 e. The van der Waals surface area contributed by atoms with E-state index in [1.54, 1.807) is 12.1 Å². The van der Waals surface area contributed by atoms with Gasteiger partial charge in [0, 0.05) is 42.5 Å².